The topological polar surface area (TPSA) is 97.0 Å². The lowest BCUT2D eigenvalue weighted by Gasteiger charge is -2.05. The maximum atomic E-state index is 12.2. The molecule has 0 spiro atoms. The van der Waals surface area contributed by atoms with Gasteiger partial charge in [-0.15, -0.1) is 0 Å². The number of furan rings is 1. The van der Waals surface area contributed by atoms with Crippen molar-refractivity contribution in [3.05, 3.63) is 64.5 Å². The minimum Gasteiger partial charge on any atom is -0.504 e. The van der Waals surface area contributed by atoms with Gasteiger partial charge >= 0.3 is 5.97 Å². The van der Waals surface area contributed by atoms with Gasteiger partial charge < -0.3 is 19.6 Å². The molecule has 1 aliphatic rings. The zero-order valence-corrected chi connectivity index (χ0v) is 15.4. The second-order valence-corrected chi connectivity index (χ2v) is 6.31. The molecule has 0 fully saturated rings. The molecule has 0 saturated carbocycles. The van der Waals surface area contributed by atoms with E-state index in [1.807, 2.05) is 6.07 Å². The fourth-order valence-electron chi connectivity index (χ4n) is 2.80. The molecule has 2 aromatic heterocycles. The number of esters is 1. The Morgan fingerprint density at radius 1 is 1.32 bits per heavy atom. The van der Waals surface area contributed by atoms with Crippen LogP contribution in [0.5, 0.6) is 5.75 Å². The van der Waals surface area contributed by atoms with Crippen LogP contribution in [-0.4, -0.2) is 29.4 Å². The van der Waals surface area contributed by atoms with E-state index >= 15 is 0 Å². The Labute approximate surface area is 165 Å². The van der Waals surface area contributed by atoms with Gasteiger partial charge in [-0.2, -0.15) is 0 Å². The number of hydrogen-bond acceptors (Lipinski definition) is 7. The van der Waals surface area contributed by atoms with Crippen LogP contribution in [0, 0.1) is 0 Å². The lowest BCUT2D eigenvalue weighted by Crippen LogP contribution is -2.03. The number of ether oxygens (including phenoxy) is 1. The highest BCUT2D eigenvalue weighted by atomic mass is 35.5. The molecule has 3 aromatic rings. The van der Waals surface area contributed by atoms with Crippen LogP contribution in [0.4, 0.5) is 17.4 Å². The number of anilines is 2. The van der Waals surface area contributed by atoms with Crippen LogP contribution in [0.3, 0.4) is 0 Å². The highest BCUT2D eigenvalue weighted by Crippen LogP contribution is 2.39. The predicted octanol–water partition coefficient (Wildman–Crippen LogP) is 4.82. The van der Waals surface area contributed by atoms with Gasteiger partial charge in [0.2, 0.25) is 5.88 Å². The first kappa shape index (κ1) is 17.8. The number of halogens is 1. The maximum absolute atomic E-state index is 12.2. The number of benzene rings is 1. The van der Waals surface area contributed by atoms with Gasteiger partial charge in [0.25, 0.3) is 0 Å². The minimum absolute atomic E-state index is 0.0415. The van der Waals surface area contributed by atoms with E-state index in [1.165, 1.54) is 7.11 Å². The number of nitrogens with one attached hydrogen (secondary N) is 1. The first-order valence-electron chi connectivity index (χ1n) is 8.24. The van der Waals surface area contributed by atoms with Crippen LogP contribution in [0.2, 0.25) is 5.02 Å². The number of rotatable bonds is 4. The van der Waals surface area contributed by atoms with Gasteiger partial charge in [-0.1, -0.05) is 17.7 Å². The predicted molar refractivity (Wildman–Crippen MR) is 107 cm³/mol. The smallest absolute Gasteiger partial charge is 0.347 e. The summed E-state index contributed by atoms with van der Waals surface area (Å²) in [4.78, 5) is 20.6. The van der Waals surface area contributed by atoms with Gasteiger partial charge in [0.1, 0.15) is 0 Å². The normalized spacial score (nSPS) is 13.6. The van der Waals surface area contributed by atoms with Crippen molar-refractivity contribution in [3.63, 3.8) is 0 Å². The molecule has 1 aliphatic heterocycles. The van der Waals surface area contributed by atoms with Crippen molar-refractivity contribution >= 4 is 52.8 Å². The Bertz CT molecular complexity index is 1130. The van der Waals surface area contributed by atoms with Gasteiger partial charge in [-0.25, -0.2) is 14.8 Å². The lowest BCUT2D eigenvalue weighted by molar-refractivity contribution is 0.0598. The van der Waals surface area contributed by atoms with Gasteiger partial charge in [0, 0.05) is 34.3 Å². The van der Waals surface area contributed by atoms with Crippen LogP contribution in [0.15, 0.2) is 52.0 Å². The molecule has 0 bridgehead atoms. The Hall–Kier alpha value is -3.58. The number of nitrogens with zero attached hydrogens (tertiary/aromatic N) is 2. The Morgan fingerprint density at radius 3 is 2.96 bits per heavy atom. The van der Waals surface area contributed by atoms with Crippen LogP contribution in [-0.2, 0) is 4.74 Å². The number of fused-ring (bicyclic) bond motifs is 1. The fraction of sp³-hybridized carbons (Fsp3) is 0.0500. The number of allylic oxidation sites excluding steroid dienone is 1. The summed E-state index contributed by atoms with van der Waals surface area (Å²) in [5, 5.41) is 14.0. The summed E-state index contributed by atoms with van der Waals surface area (Å²) in [7, 11) is 1.22. The van der Waals surface area contributed by atoms with E-state index in [0.717, 1.165) is 5.56 Å². The summed E-state index contributed by atoms with van der Waals surface area (Å²) in [6.07, 6.45) is 4.84. The van der Waals surface area contributed by atoms with Gasteiger partial charge in [-0.05, 0) is 36.4 Å². The van der Waals surface area contributed by atoms with E-state index in [4.69, 9.17) is 20.8 Å². The van der Waals surface area contributed by atoms with E-state index in [-0.39, 0.29) is 23.0 Å². The van der Waals surface area contributed by atoms with Crippen LogP contribution in [0.1, 0.15) is 21.7 Å². The van der Waals surface area contributed by atoms with E-state index in [1.54, 1.807) is 48.8 Å². The van der Waals surface area contributed by atoms with Crippen molar-refractivity contribution in [2.75, 3.05) is 12.4 Å². The molecule has 2 N–H and O–H groups in total. The number of pyridine rings is 1. The molecule has 8 heteroatoms. The average Bonchev–Trinajstić information content (AvgIpc) is 3.23. The highest BCUT2D eigenvalue weighted by molar-refractivity contribution is 6.30. The zero-order valence-electron chi connectivity index (χ0n) is 14.6. The molecule has 28 heavy (non-hydrogen) atoms. The molecule has 0 radical (unpaired) electrons. The standard InChI is InChI=1S/C20H14ClN3O4/c1-27-20(26)16-17(25)15(8-11-10-23-18-14(11)6-3-7-22-18)28-19(16)24-13-5-2-4-12(21)9-13/h2-10,24-25H,1H3/b11-8+. The Morgan fingerprint density at radius 2 is 2.18 bits per heavy atom. The zero-order chi connectivity index (χ0) is 19.7. The molecular formula is C20H14ClN3O4. The fourth-order valence-corrected chi connectivity index (χ4v) is 2.99. The number of carbonyl (C=O) groups is 1. The second-order valence-electron chi connectivity index (χ2n) is 5.88. The number of hydrogen-bond donors (Lipinski definition) is 2. The third kappa shape index (κ3) is 3.23. The monoisotopic (exact) mass is 395 g/mol. The number of aromatic nitrogens is 1. The molecule has 7 nitrogen and oxygen atoms in total. The van der Waals surface area contributed by atoms with Crippen LogP contribution < -0.4 is 5.32 Å². The first-order chi connectivity index (χ1) is 13.6. The SMILES string of the molecule is COC(=O)c1c(Nc2cccc(Cl)c2)oc(/C=C2\C=Nc3ncccc32)c1O. The summed E-state index contributed by atoms with van der Waals surface area (Å²) in [5.41, 5.74) is 1.96. The maximum Gasteiger partial charge on any atom is 0.347 e. The third-order valence-electron chi connectivity index (χ3n) is 4.09. The molecule has 3 heterocycles. The van der Waals surface area contributed by atoms with Gasteiger partial charge in [0.05, 0.1) is 7.11 Å². The van der Waals surface area contributed by atoms with E-state index in [0.29, 0.717) is 22.1 Å². The van der Waals surface area contributed by atoms with E-state index < -0.39 is 5.97 Å². The molecule has 4 rings (SSSR count). The number of carbonyl (C=O) groups excluding carboxylic acids is 1. The first-order valence-corrected chi connectivity index (χ1v) is 8.62. The quantitative estimate of drug-likeness (QED) is 0.614. The molecule has 0 amide bonds. The largest absolute Gasteiger partial charge is 0.504 e. The minimum atomic E-state index is -0.738. The van der Waals surface area contributed by atoms with Crippen molar-refractivity contribution in [2.45, 2.75) is 0 Å². The van der Waals surface area contributed by atoms with Crippen LogP contribution in [0.25, 0.3) is 11.6 Å². The Kier molecular flexibility index (Phi) is 4.58. The number of methoxy groups -OCH3 is 1. The van der Waals surface area contributed by atoms with Crippen molar-refractivity contribution in [3.8, 4) is 5.75 Å². The summed E-state index contributed by atoms with van der Waals surface area (Å²) in [6, 6.07) is 10.5. The molecule has 0 unspecified atom stereocenters. The van der Waals surface area contributed by atoms with Crippen molar-refractivity contribution in [2.24, 2.45) is 4.99 Å². The molecule has 0 atom stereocenters. The van der Waals surface area contributed by atoms with Crippen molar-refractivity contribution in [1.82, 2.24) is 4.98 Å². The number of aliphatic imine (C=N–C) groups is 1. The average molecular weight is 396 g/mol. The van der Waals surface area contributed by atoms with Gasteiger partial charge in [0.15, 0.2) is 22.9 Å². The number of aromatic hydroxyl groups is 1. The van der Waals surface area contributed by atoms with E-state index in [9.17, 15) is 9.90 Å². The van der Waals surface area contributed by atoms with Gasteiger partial charge in [-0.3, -0.25) is 0 Å². The third-order valence-corrected chi connectivity index (χ3v) is 4.33. The summed E-state index contributed by atoms with van der Waals surface area (Å²) in [5.74, 6) is -0.375. The second kappa shape index (κ2) is 7.21. The molecule has 0 saturated heterocycles. The summed E-state index contributed by atoms with van der Waals surface area (Å²) < 4.78 is 10.5. The molecule has 140 valence electrons. The van der Waals surface area contributed by atoms with Crippen LogP contribution >= 0.6 is 11.6 Å². The summed E-state index contributed by atoms with van der Waals surface area (Å²) >= 11 is 6.00. The lowest BCUT2D eigenvalue weighted by atomic mass is 10.1. The summed E-state index contributed by atoms with van der Waals surface area (Å²) in [6.45, 7) is 0. The van der Waals surface area contributed by atoms with Crippen molar-refractivity contribution < 1.29 is 19.1 Å². The molecular weight excluding hydrogens is 382 g/mol. The molecule has 1 aromatic carbocycles. The Balaban J connectivity index is 1.77. The van der Waals surface area contributed by atoms with E-state index in [2.05, 4.69) is 15.3 Å². The molecule has 0 aliphatic carbocycles. The van der Waals surface area contributed by atoms with Crippen molar-refractivity contribution in [1.29, 1.82) is 0 Å². The highest BCUT2D eigenvalue weighted by Gasteiger charge is 2.27.